The molecule has 5 aliphatic rings. The molecule has 180 valence electrons. The van der Waals surface area contributed by atoms with Gasteiger partial charge in [0, 0.05) is 29.6 Å². The summed E-state index contributed by atoms with van der Waals surface area (Å²) < 4.78 is 46.0. The maximum Gasteiger partial charge on any atom is 0.168 e. The Labute approximate surface area is 193 Å². The number of alkyl halides is 2. The summed E-state index contributed by atoms with van der Waals surface area (Å²) in [6, 6.07) is 0. The van der Waals surface area contributed by atoms with Gasteiger partial charge in [0.05, 0.1) is 6.10 Å². The van der Waals surface area contributed by atoms with Crippen LogP contribution in [0.2, 0.25) is 0 Å². The van der Waals surface area contributed by atoms with Gasteiger partial charge in [-0.3, -0.25) is 4.79 Å². The number of ketones is 1. The highest BCUT2D eigenvalue weighted by atomic mass is 32.2. The van der Waals surface area contributed by atoms with Gasteiger partial charge in [-0.2, -0.15) is 0 Å². The summed E-state index contributed by atoms with van der Waals surface area (Å²) >= 11 is 1.60. The van der Waals surface area contributed by atoms with Crippen LogP contribution >= 0.6 is 11.8 Å². The van der Waals surface area contributed by atoms with E-state index < -0.39 is 45.4 Å². The molecule has 0 radical (unpaired) electrons. The summed E-state index contributed by atoms with van der Waals surface area (Å²) in [6.45, 7) is 7.87. The Morgan fingerprint density at radius 1 is 1.25 bits per heavy atom. The second kappa shape index (κ2) is 7.02. The molecule has 1 saturated heterocycles. The molecule has 0 amide bonds. The molecule has 0 aromatic carbocycles. The normalized spacial score (nSPS) is 56.8. The standard InChI is InChI=1S/C25H36F2O4S/c1-6-8-23(4)30-20-12-15-16-11-18(26)17-10-14(28)7-9-21(17,2)24(16,27)19(29)13-22(15,3)25(20,31-23)32-5/h10,15-16,18-20,29H,6-9,11-13H2,1-5H3/t15?,16?,18-,19-,20+,21-,22-,23+,24-,25-/m0/s1. The highest BCUT2D eigenvalue weighted by Gasteiger charge is 2.79. The van der Waals surface area contributed by atoms with Gasteiger partial charge in [0.25, 0.3) is 0 Å². The van der Waals surface area contributed by atoms with Crippen LogP contribution in [0.25, 0.3) is 0 Å². The maximum atomic E-state index is 17.3. The fraction of sp³-hybridized carbons (Fsp3) is 0.880. The molecule has 1 aliphatic heterocycles. The van der Waals surface area contributed by atoms with E-state index in [9.17, 15) is 9.90 Å². The zero-order valence-corrected chi connectivity index (χ0v) is 20.6. The third kappa shape index (κ3) is 2.57. The average molecular weight is 471 g/mol. The molecule has 0 spiro atoms. The Morgan fingerprint density at radius 3 is 2.62 bits per heavy atom. The minimum atomic E-state index is -1.97. The Morgan fingerprint density at radius 2 is 1.97 bits per heavy atom. The molecular formula is C25H36F2O4S. The van der Waals surface area contributed by atoms with E-state index in [4.69, 9.17) is 9.47 Å². The molecule has 10 atom stereocenters. The smallest absolute Gasteiger partial charge is 0.168 e. The maximum absolute atomic E-state index is 17.3. The molecular weight excluding hydrogens is 434 g/mol. The van der Waals surface area contributed by atoms with Gasteiger partial charge in [-0.05, 0) is 56.4 Å². The van der Waals surface area contributed by atoms with E-state index in [1.165, 1.54) is 6.08 Å². The minimum absolute atomic E-state index is 0.00801. The minimum Gasteiger partial charge on any atom is -0.390 e. The fourth-order valence-corrected chi connectivity index (χ4v) is 9.79. The highest BCUT2D eigenvalue weighted by molar-refractivity contribution is 7.99. The predicted octanol–water partition coefficient (Wildman–Crippen LogP) is 5.13. The summed E-state index contributed by atoms with van der Waals surface area (Å²) in [5.41, 5.74) is -3.45. The monoisotopic (exact) mass is 470 g/mol. The van der Waals surface area contributed by atoms with E-state index in [0.29, 0.717) is 6.42 Å². The molecule has 4 aliphatic carbocycles. The first-order chi connectivity index (χ1) is 14.9. The lowest BCUT2D eigenvalue weighted by atomic mass is 9.44. The van der Waals surface area contributed by atoms with Crippen LogP contribution in [0.3, 0.4) is 0 Å². The van der Waals surface area contributed by atoms with Crippen LogP contribution in [0.5, 0.6) is 0 Å². The van der Waals surface area contributed by atoms with Gasteiger partial charge in [-0.25, -0.2) is 8.78 Å². The Kier molecular flexibility index (Phi) is 5.10. The van der Waals surface area contributed by atoms with Crippen molar-refractivity contribution in [2.75, 3.05) is 6.26 Å². The van der Waals surface area contributed by atoms with Crippen molar-refractivity contribution >= 4 is 17.5 Å². The summed E-state index contributed by atoms with van der Waals surface area (Å²) in [6.07, 6.45) is 3.41. The fourth-order valence-electron chi connectivity index (χ4n) is 8.42. The molecule has 4 nitrogen and oxygen atoms in total. The van der Waals surface area contributed by atoms with Crippen molar-refractivity contribution in [2.45, 2.75) is 107 Å². The quantitative estimate of drug-likeness (QED) is 0.620. The number of halogens is 2. The SMILES string of the molecule is CCC[C@]1(C)O[C@@H]2CC3C4C[C@H](F)C5=CC(=O)CC[C@]5(C)[C@@]4(F)[C@@H](O)C[C@]3(C)[C@]2(SC)O1. The van der Waals surface area contributed by atoms with Gasteiger partial charge >= 0.3 is 0 Å². The lowest BCUT2D eigenvalue weighted by Gasteiger charge is -2.64. The average Bonchev–Trinajstić information content (AvgIpc) is 3.13. The number of aliphatic hydroxyl groups excluding tert-OH is 1. The highest BCUT2D eigenvalue weighted by Crippen LogP contribution is 2.74. The zero-order chi connectivity index (χ0) is 23.3. The largest absolute Gasteiger partial charge is 0.390 e. The van der Waals surface area contributed by atoms with E-state index in [2.05, 4.69) is 13.8 Å². The number of fused-ring (bicyclic) bond motifs is 7. The zero-order valence-electron chi connectivity index (χ0n) is 19.7. The first-order valence-corrected chi connectivity index (χ1v) is 13.3. The number of allylic oxidation sites excluding steroid dienone is 1. The number of rotatable bonds is 3. The molecule has 1 N–H and O–H groups in total. The van der Waals surface area contributed by atoms with Crippen LogP contribution in [0.1, 0.15) is 72.6 Å². The van der Waals surface area contributed by atoms with Gasteiger partial charge in [-0.15, -0.1) is 11.8 Å². The molecule has 2 unspecified atom stereocenters. The first kappa shape index (κ1) is 23.3. The lowest BCUT2D eigenvalue weighted by molar-refractivity contribution is -0.247. The van der Waals surface area contributed by atoms with Crippen LogP contribution in [0.15, 0.2) is 11.6 Å². The van der Waals surface area contributed by atoms with E-state index in [-0.39, 0.29) is 49.1 Å². The topological polar surface area (TPSA) is 55.8 Å². The molecule has 3 saturated carbocycles. The van der Waals surface area contributed by atoms with Gasteiger partial charge in [0.1, 0.15) is 22.9 Å². The second-order valence-corrected chi connectivity index (χ2v) is 12.4. The molecule has 7 heteroatoms. The van der Waals surface area contributed by atoms with E-state index in [0.717, 1.165) is 12.8 Å². The van der Waals surface area contributed by atoms with Crippen molar-refractivity contribution in [1.29, 1.82) is 0 Å². The van der Waals surface area contributed by atoms with Crippen molar-refractivity contribution in [1.82, 2.24) is 0 Å². The summed E-state index contributed by atoms with van der Waals surface area (Å²) in [4.78, 5) is 11.3. The van der Waals surface area contributed by atoms with E-state index in [1.54, 1.807) is 18.7 Å². The van der Waals surface area contributed by atoms with Crippen molar-refractivity contribution in [3.05, 3.63) is 11.6 Å². The van der Waals surface area contributed by atoms with Crippen LogP contribution in [-0.2, 0) is 14.3 Å². The van der Waals surface area contributed by atoms with Crippen LogP contribution in [0.4, 0.5) is 8.78 Å². The van der Waals surface area contributed by atoms with E-state index >= 15 is 8.78 Å². The Bertz CT molecular complexity index is 867. The molecule has 5 rings (SSSR count). The number of thioether (sulfide) groups is 1. The molecule has 0 aromatic heterocycles. The Balaban J connectivity index is 1.59. The number of carbonyl (C=O) groups is 1. The summed E-state index contributed by atoms with van der Waals surface area (Å²) in [5, 5.41) is 11.5. The first-order valence-electron chi connectivity index (χ1n) is 12.1. The summed E-state index contributed by atoms with van der Waals surface area (Å²) in [5.74, 6) is -1.67. The summed E-state index contributed by atoms with van der Waals surface area (Å²) in [7, 11) is 0. The van der Waals surface area contributed by atoms with Crippen LogP contribution in [-0.4, -0.2) is 51.9 Å². The van der Waals surface area contributed by atoms with Crippen molar-refractivity contribution in [3.8, 4) is 0 Å². The van der Waals surface area contributed by atoms with Gasteiger partial charge in [0.15, 0.2) is 11.6 Å². The number of hydrogen-bond acceptors (Lipinski definition) is 5. The van der Waals surface area contributed by atoms with E-state index in [1.807, 2.05) is 13.2 Å². The molecule has 0 aromatic rings. The molecule has 32 heavy (non-hydrogen) atoms. The van der Waals surface area contributed by atoms with Gasteiger partial charge in [-0.1, -0.05) is 27.2 Å². The van der Waals surface area contributed by atoms with Gasteiger partial charge in [0.2, 0.25) is 0 Å². The van der Waals surface area contributed by atoms with Crippen LogP contribution in [0, 0.1) is 22.7 Å². The van der Waals surface area contributed by atoms with Gasteiger partial charge < -0.3 is 14.6 Å². The van der Waals surface area contributed by atoms with Crippen molar-refractivity contribution in [3.63, 3.8) is 0 Å². The van der Waals surface area contributed by atoms with Crippen molar-refractivity contribution in [2.24, 2.45) is 22.7 Å². The molecule has 1 heterocycles. The third-order valence-corrected chi connectivity index (χ3v) is 11.3. The lowest BCUT2D eigenvalue weighted by Crippen LogP contribution is -2.70. The number of aliphatic hydroxyl groups is 1. The van der Waals surface area contributed by atoms with Crippen molar-refractivity contribution < 1.29 is 28.2 Å². The molecule has 4 fully saturated rings. The number of carbonyl (C=O) groups excluding carboxylic acids is 1. The molecule has 0 bridgehead atoms. The number of ether oxygens (including phenoxy) is 2. The number of hydrogen-bond donors (Lipinski definition) is 1. The third-order valence-electron chi connectivity index (χ3n) is 9.87. The van der Waals surface area contributed by atoms with Crippen LogP contribution < -0.4 is 0 Å². The predicted molar refractivity (Wildman–Crippen MR) is 120 cm³/mol. The Hall–Kier alpha value is -0.500. The second-order valence-electron chi connectivity index (χ2n) is 11.4.